The molecule has 1 fully saturated rings. The molecule has 28 heavy (non-hydrogen) atoms. The lowest BCUT2D eigenvalue weighted by Crippen LogP contribution is -2.39. The number of benzene rings is 2. The Morgan fingerprint density at radius 1 is 1.18 bits per heavy atom. The Hall–Kier alpha value is -2.65. The van der Waals surface area contributed by atoms with Gasteiger partial charge in [-0.1, -0.05) is 13.0 Å². The van der Waals surface area contributed by atoms with E-state index in [1.165, 1.54) is 23.5 Å². The number of sulfonamides is 1. The maximum atomic E-state index is 12.9. The highest BCUT2D eigenvalue weighted by Crippen LogP contribution is 2.35. The van der Waals surface area contributed by atoms with Crippen LogP contribution in [0.15, 0.2) is 47.4 Å². The molecule has 0 saturated carbocycles. The van der Waals surface area contributed by atoms with E-state index in [-0.39, 0.29) is 16.6 Å². The molecule has 2 aromatic rings. The van der Waals surface area contributed by atoms with E-state index in [1.807, 2.05) is 6.92 Å². The molecule has 1 aliphatic rings. The lowest BCUT2D eigenvalue weighted by atomic mass is 10.0. The second-order valence-electron chi connectivity index (χ2n) is 6.78. The molecule has 1 heterocycles. The molecule has 1 saturated heterocycles. The van der Waals surface area contributed by atoms with Gasteiger partial charge in [0, 0.05) is 25.2 Å². The van der Waals surface area contributed by atoms with Crippen LogP contribution in [0.5, 0.6) is 17.2 Å². The van der Waals surface area contributed by atoms with Crippen LogP contribution in [0.4, 0.5) is 5.69 Å². The largest absolute Gasteiger partial charge is 0.497 e. The summed E-state index contributed by atoms with van der Waals surface area (Å²) in [6.45, 7) is 2.83. The summed E-state index contributed by atoms with van der Waals surface area (Å²) in [7, 11) is -2.30. The molecule has 9 heteroatoms. The molecule has 0 N–H and O–H groups in total. The maximum Gasteiger partial charge on any atom is 0.312 e. The third kappa shape index (κ3) is 4.26. The van der Waals surface area contributed by atoms with Gasteiger partial charge in [0.05, 0.1) is 16.9 Å². The molecule has 3 rings (SSSR count). The molecule has 0 amide bonds. The van der Waals surface area contributed by atoms with E-state index in [4.69, 9.17) is 9.47 Å². The van der Waals surface area contributed by atoms with Gasteiger partial charge in [0.2, 0.25) is 15.8 Å². The summed E-state index contributed by atoms with van der Waals surface area (Å²) in [5, 5.41) is 11.5. The molecule has 0 unspecified atom stereocenters. The van der Waals surface area contributed by atoms with Crippen molar-refractivity contribution in [2.24, 2.45) is 5.92 Å². The smallest absolute Gasteiger partial charge is 0.312 e. The van der Waals surface area contributed by atoms with Gasteiger partial charge in [-0.25, -0.2) is 8.42 Å². The number of hydrogen-bond acceptors (Lipinski definition) is 6. The molecule has 1 aliphatic heterocycles. The summed E-state index contributed by atoms with van der Waals surface area (Å²) < 4.78 is 37.9. The van der Waals surface area contributed by atoms with E-state index in [0.717, 1.165) is 18.9 Å². The maximum absolute atomic E-state index is 12.9. The average molecular weight is 406 g/mol. The predicted molar refractivity (Wildman–Crippen MR) is 103 cm³/mol. The van der Waals surface area contributed by atoms with Gasteiger partial charge in [-0.05, 0) is 43.0 Å². The fourth-order valence-corrected chi connectivity index (χ4v) is 4.81. The van der Waals surface area contributed by atoms with E-state index >= 15 is 0 Å². The molecule has 2 aromatic carbocycles. The molecule has 0 bridgehead atoms. The van der Waals surface area contributed by atoms with Gasteiger partial charge < -0.3 is 9.47 Å². The Balaban J connectivity index is 1.93. The van der Waals surface area contributed by atoms with Crippen molar-refractivity contribution in [3.8, 4) is 17.2 Å². The minimum atomic E-state index is -3.80. The van der Waals surface area contributed by atoms with Crippen molar-refractivity contribution in [1.82, 2.24) is 4.31 Å². The number of nitrogens with zero attached hydrogens (tertiary/aromatic N) is 2. The van der Waals surface area contributed by atoms with Crippen LogP contribution >= 0.6 is 0 Å². The van der Waals surface area contributed by atoms with Crippen molar-refractivity contribution in [2.45, 2.75) is 24.7 Å². The number of hydrogen-bond donors (Lipinski definition) is 0. The monoisotopic (exact) mass is 406 g/mol. The first-order chi connectivity index (χ1) is 13.3. The zero-order valence-corrected chi connectivity index (χ0v) is 16.5. The van der Waals surface area contributed by atoms with Gasteiger partial charge in [-0.15, -0.1) is 0 Å². The SMILES string of the molecule is COc1cccc(Oc2ccc(S(=O)(=O)N3CCC[C@H](C)C3)cc2[N+](=O)[O-])c1. The zero-order chi connectivity index (χ0) is 20.3. The summed E-state index contributed by atoms with van der Waals surface area (Å²) in [5.74, 6) is 1.11. The lowest BCUT2D eigenvalue weighted by Gasteiger charge is -2.30. The first kappa shape index (κ1) is 20.1. The van der Waals surface area contributed by atoms with Gasteiger partial charge in [0.1, 0.15) is 11.5 Å². The van der Waals surface area contributed by atoms with Crippen LogP contribution in [-0.4, -0.2) is 37.8 Å². The summed E-state index contributed by atoms with van der Waals surface area (Å²) in [5.41, 5.74) is -0.408. The van der Waals surface area contributed by atoms with Crippen molar-refractivity contribution in [1.29, 1.82) is 0 Å². The van der Waals surface area contributed by atoms with E-state index in [2.05, 4.69) is 0 Å². The van der Waals surface area contributed by atoms with Gasteiger partial charge in [-0.2, -0.15) is 4.31 Å². The highest BCUT2D eigenvalue weighted by Gasteiger charge is 2.31. The molecule has 0 aliphatic carbocycles. The third-order valence-corrected chi connectivity index (χ3v) is 6.51. The molecule has 1 atom stereocenters. The number of ether oxygens (including phenoxy) is 2. The first-order valence-corrected chi connectivity index (χ1v) is 10.4. The molecular formula is C19H22N2O6S. The van der Waals surface area contributed by atoms with Crippen LogP contribution in [0.25, 0.3) is 0 Å². The van der Waals surface area contributed by atoms with Gasteiger partial charge in [0.25, 0.3) is 0 Å². The number of nitro groups is 1. The van der Waals surface area contributed by atoms with Crippen molar-refractivity contribution >= 4 is 15.7 Å². The quantitative estimate of drug-likeness (QED) is 0.534. The highest BCUT2D eigenvalue weighted by atomic mass is 32.2. The fourth-order valence-electron chi connectivity index (χ4n) is 3.19. The fraction of sp³-hybridized carbons (Fsp3) is 0.368. The predicted octanol–water partition coefficient (Wildman–Crippen LogP) is 3.82. The van der Waals surface area contributed by atoms with Crippen LogP contribution < -0.4 is 9.47 Å². The van der Waals surface area contributed by atoms with Crippen LogP contribution in [-0.2, 0) is 10.0 Å². The number of rotatable bonds is 6. The number of nitro benzene ring substituents is 1. The van der Waals surface area contributed by atoms with Crippen LogP contribution in [0.3, 0.4) is 0 Å². The molecule has 0 aromatic heterocycles. The van der Waals surface area contributed by atoms with Gasteiger partial charge >= 0.3 is 5.69 Å². The van der Waals surface area contributed by atoms with E-state index in [1.54, 1.807) is 24.3 Å². The van der Waals surface area contributed by atoms with Gasteiger partial charge in [-0.3, -0.25) is 10.1 Å². The van der Waals surface area contributed by atoms with Crippen molar-refractivity contribution in [3.63, 3.8) is 0 Å². The Morgan fingerprint density at radius 3 is 2.61 bits per heavy atom. The van der Waals surface area contributed by atoms with Crippen molar-refractivity contribution in [3.05, 3.63) is 52.6 Å². The number of piperidine rings is 1. The molecule has 150 valence electrons. The van der Waals surface area contributed by atoms with Crippen molar-refractivity contribution in [2.75, 3.05) is 20.2 Å². The second-order valence-corrected chi connectivity index (χ2v) is 8.72. The standard InChI is InChI=1S/C19H22N2O6S/c1-14-5-4-10-20(13-14)28(24,25)17-8-9-19(18(12-17)21(22)23)27-16-7-3-6-15(11-16)26-2/h3,6-9,11-12,14H,4-5,10,13H2,1-2H3/t14-/m0/s1. The Kier molecular flexibility index (Phi) is 5.85. The minimum Gasteiger partial charge on any atom is -0.497 e. The minimum absolute atomic E-state index is 0.0378. The van der Waals surface area contributed by atoms with Crippen LogP contribution in [0.1, 0.15) is 19.8 Å². The molecule has 0 spiro atoms. The summed E-state index contributed by atoms with van der Waals surface area (Å²) in [6, 6.07) is 10.3. The summed E-state index contributed by atoms with van der Waals surface area (Å²) >= 11 is 0. The summed E-state index contributed by atoms with van der Waals surface area (Å²) in [6.07, 6.45) is 1.75. The van der Waals surface area contributed by atoms with E-state index < -0.39 is 20.6 Å². The van der Waals surface area contributed by atoms with E-state index in [9.17, 15) is 18.5 Å². The lowest BCUT2D eigenvalue weighted by molar-refractivity contribution is -0.385. The van der Waals surface area contributed by atoms with Crippen molar-refractivity contribution < 1.29 is 22.8 Å². The third-order valence-electron chi connectivity index (χ3n) is 4.65. The van der Waals surface area contributed by atoms with E-state index in [0.29, 0.717) is 24.6 Å². The Labute approximate surface area is 163 Å². The molecular weight excluding hydrogens is 384 g/mol. The van der Waals surface area contributed by atoms with Crippen LogP contribution in [0.2, 0.25) is 0 Å². The summed E-state index contributed by atoms with van der Waals surface area (Å²) in [4.78, 5) is 10.8. The topological polar surface area (TPSA) is 99.0 Å². The molecule has 0 radical (unpaired) electrons. The second kappa shape index (κ2) is 8.15. The normalized spacial score (nSPS) is 17.9. The average Bonchev–Trinajstić information content (AvgIpc) is 2.68. The van der Waals surface area contributed by atoms with Crippen LogP contribution in [0, 0.1) is 16.0 Å². The Morgan fingerprint density at radius 2 is 1.93 bits per heavy atom. The molecule has 8 nitrogen and oxygen atoms in total. The first-order valence-electron chi connectivity index (χ1n) is 8.92. The highest BCUT2D eigenvalue weighted by molar-refractivity contribution is 7.89. The van der Waals surface area contributed by atoms with Gasteiger partial charge in [0.15, 0.2) is 0 Å². The zero-order valence-electron chi connectivity index (χ0n) is 15.7. The Bertz CT molecular complexity index is 976. The number of methoxy groups -OCH3 is 1.